The van der Waals surface area contributed by atoms with Crippen LogP contribution in [0.2, 0.25) is 0 Å². The van der Waals surface area contributed by atoms with Crippen LogP contribution in [0.25, 0.3) is 0 Å². The van der Waals surface area contributed by atoms with Gasteiger partial charge in [-0.05, 0) is 6.42 Å². The second-order valence-electron chi connectivity index (χ2n) is 2.65. The van der Waals surface area contributed by atoms with E-state index in [1.165, 1.54) is 0 Å². The molecule has 0 spiro atoms. The normalized spacial score (nSPS) is 14.9. The molecule has 0 aromatic carbocycles. The average Bonchev–Trinajstić information content (AvgIpc) is 1.86. The third-order valence-corrected chi connectivity index (χ3v) is 2.66. The van der Waals surface area contributed by atoms with Crippen LogP contribution >= 0.6 is 7.60 Å². The first-order valence-corrected chi connectivity index (χ1v) is 5.47. The van der Waals surface area contributed by atoms with E-state index in [1.54, 1.807) is 0 Å². The van der Waals surface area contributed by atoms with Crippen LogP contribution in [0.5, 0.6) is 0 Å². The highest BCUT2D eigenvalue weighted by Gasteiger charge is 2.23. The lowest BCUT2D eigenvalue weighted by Crippen LogP contribution is -2.19. The molecule has 0 rings (SSSR count). The Kier molecular flexibility index (Phi) is 4.93. The lowest BCUT2D eigenvalue weighted by Gasteiger charge is -2.12. The topological polar surface area (TPSA) is 83.6 Å². The molecule has 0 fully saturated rings. The van der Waals surface area contributed by atoms with Crippen molar-refractivity contribution in [1.29, 1.82) is 0 Å². The zero-order chi connectivity index (χ0) is 8.91. The lowest BCUT2D eigenvalue weighted by molar-refractivity contribution is 0.353. The summed E-state index contributed by atoms with van der Waals surface area (Å²) in [7, 11) is -4.02. The van der Waals surface area contributed by atoms with E-state index in [9.17, 15) is 4.57 Å². The first-order chi connectivity index (χ1) is 4.98. The number of nitrogens with two attached hydrogens (primary N) is 1. The van der Waals surface area contributed by atoms with Crippen molar-refractivity contribution < 1.29 is 14.4 Å². The Morgan fingerprint density at radius 3 is 2.36 bits per heavy atom. The lowest BCUT2D eigenvalue weighted by atomic mass is 10.2. The highest BCUT2D eigenvalue weighted by Crippen LogP contribution is 2.40. The molecule has 0 radical (unpaired) electrons. The molecule has 1 atom stereocenters. The van der Waals surface area contributed by atoms with Gasteiger partial charge in [0.15, 0.2) is 0 Å². The quantitative estimate of drug-likeness (QED) is 0.437. The van der Waals surface area contributed by atoms with E-state index < -0.39 is 13.4 Å². The predicted molar refractivity (Wildman–Crippen MR) is 44.2 cm³/mol. The van der Waals surface area contributed by atoms with E-state index in [2.05, 4.69) is 0 Å². The number of unbranched alkanes of at least 4 members (excludes halogenated alkanes) is 2. The molecule has 0 amide bonds. The predicted octanol–water partition coefficient (Wildman–Crippen LogP) is 1.03. The maximum absolute atomic E-state index is 10.5. The van der Waals surface area contributed by atoms with Gasteiger partial charge in [-0.25, -0.2) is 0 Å². The monoisotopic (exact) mass is 181 g/mol. The van der Waals surface area contributed by atoms with E-state index in [1.807, 2.05) is 6.92 Å². The van der Waals surface area contributed by atoms with E-state index in [0.29, 0.717) is 6.42 Å². The fourth-order valence-corrected chi connectivity index (χ4v) is 1.29. The van der Waals surface area contributed by atoms with Gasteiger partial charge in [0.25, 0.3) is 0 Å². The van der Waals surface area contributed by atoms with Gasteiger partial charge in [-0.2, -0.15) is 0 Å². The van der Waals surface area contributed by atoms with Crippen molar-refractivity contribution in [2.45, 2.75) is 38.4 Å². The summed E-state index contributed by atoms with van der Waals surface area (Å²) >= 11 is 0. The van der Waals surface area contributed by atoms with E-state index in [0.717, 1.165) is 19.3 Å². The van der Waals surface area contributed by atoms with Gasteiger partial charge in [-0.15, -0.1) is 0 Å². The number of rotatable bonds is 5. The summed E-state index contributed by atoms with van der Waals surface area (Å²) in [6.07, 6.45) is 3.22. The van der Waals surface area contributed by atoms with Crippen LogP contribution in [0.15, 0.2) is 0 Å². The van der Waals surface area contributed by atoms with Crippen LogP contribution < -0.4 is 5.73 Å². The highest BCUT2D eigenvalue weighted by molar-refractivity contribution is 7.52. The zero-order valence-corrected chi connectivity index (χ0v) is 7.63. The Labute approximate surface area is 67.0 Å². The Balaban J connectivity index is 3.53. The molecule has 5 heteroatoms. The summed E-state index contributed by atoms with van der Waals surface area (Å²) < 4.78 is 10.5. The molecular weight excluding hydrogens is 165 g/mol. The van der Waals surface area contributed by atoms with Crippen molar-refractivity contribution in [1.82, 2.24) is 0 Å². The van der Waals surface area contributed by atoms with Crippen molar-refractivity contribution in [3.63, 3.8) is 0 Å². The summed E-state index contributed by atoms with van der Waals surface area (Å²) in [4.78, 5) is 17.1. The fourth-order valence-electron chi connectivity index (χ4n) is 0.772. The van der Waals surface area contributed by atoms with Crippen molar-refractivity contribution >= 4 is 7.60 Å². The van der Waals surface area contributed by atoms with Gasteiger partial charge in [0, 0.05) is 0 Å². The first-order valence-electron chi connectivity index (χ1n) is 3.79. The summed E-state index contributed by atoms with van der Waals surface area (Å²) in [6.45, 7) is 2.03. The van der Waals surface area contributed by atoms with Crippen molar-refractivity contribution in [2.24, 2.45) is 5.73 Å². The molecule has 68 valence electrons. The molecule has 1 unspecified atom stereocenters. The van der Waals surface area contributed by atoms with Gasteiger partial charge in [-0.1, -0.05) is 26.2 Å². The fraction of sp³-hybridized carbons (Fsp3) is 1.00. The van der Waals surface area contributed by atoms with Crippen LogP contribution in [0, 0.1) is 0 Å². The first kappa shape index (κ1) is 11.1. The van der Waals surface area contributed by atoms with Crippen LogP contribution in [-0.4, -0.2) is 15.6 Å². The van der Waals surface area contributed by atoms with Crippen molar-refractivity contribution in [3.8, 4) is 0 Å². The summed E-state index contributed by atoms with van der Waals surface area (Å²) in [6, 6.07) is 0. The maximum Gasteiger partial charge on any atom is 0.342 e. The standard InChI is InChI=1S/C6H16NO3P/c1-2-3-4-5-6(7)11(8,9)10/h6H,2-5,7H2,1H3,(H2,8,9,10). The van der Waals surface area contributed by atoms with Crippen LogP contribution in [0.3, 0.4) is 0 Å². The molecule has 0 aromatic rings. The van der Waals surface area contributed by atoms with Crippen LogP contribution in [0.4, 0.5) is 0 Å². The van der Waals surface area contributed by atoms with Gasteiger partial charge >= 0.3 is 7.60 Å². The summed E-state index contributed by atoms with van der Waals surface area (Å²) in [5.74, 6) is -0.964. The smallest absolute Gasteiger partial charge is 0.323 e. The van der Waals surface area contributed by atoms with Gasteiger partial charge in [0.1, 0.15) is 5.78 Å². The van der Waals surface area contributed by atoms with Crippen LogP contribution in [0.1, 0.15) is 32.6 Å². The number of hydrogen-bond acceptors (Lipinski definition) is 2. The maximum atomic E-state index is 10.5. The molecule has 0 bridgehead atoms. The van der Waals surface area contributed by atoms with Crippen LogP contribution in [-0.2, 0) is 4.57 Å². The zero-order valence-electron chi connectivity index (χ0n) is 6.73. The minimum absolute atomic E-state index is 0.415. The molecular formula is C6H16NO3P. The molecule has 0 aromatic heterocycles. The van der Waals surface area contributed by atoms with E-state index in [4.69, 9.17) is 15.5 Å². The van der Waals surface area contributed by atoms with Gasteiger partial charge in [0.2, 0.25) is 0 Å². The molecule has 0 aliphatic heterocycles. The molecule has 4 N–H and O–H groups in total. The van der Waals surface area contributed by atoms with Gasteiger partial charge < -0.3 is 15.5 Å². The third kappa shape index (κ3) is 5.39. The SMILES string of the molecule is CCCCCC(N)P(=O)(O)O. The Bertz CT molecular complexity index is 145. The highest BCUT2D eigenvalue weighted by atomic mass is 31.2. The van der Waals surface area contributed by atoms with Gasteiger partial charge in [0.05, 0.1) is 0 Å². The minimum atomic E-state index is -4.02. The summed E-state index contributed by atoms with van der Waals surface area (Å²) in [5, 5.41) is 0. The second-order valence-corrected chi connectivity index (χ2v) is 4.49. The average molecular weight is 181 g/mol. The molecule has 0 aliphatic rings. The van der Waals surface area contributed by atoms with Gasteiger partial charge in [-0.3, -0.25) is 4.57 Å². The summed E-state index contributed by atoms with van der Waals surface area (Å²) in [5.41, 5.74) is 5.23. The molecule has 11 heavy (non-hydrogen) atoms. The third-order valence-electron chi connectivity index (χ3n) is 1.54. The Morgan fingerprint density at radius 2 is 2.00 bits per heavy atom. The molecule has 0 aliphatic carbocycles. The second kappa shape index (κ2) is 4.88. The minimum Gasteiger partial charge on any atom is -0.323 e. The molecule has 4 nitrogen and oxygen atoms in total. The molecule has 0 saturated heterocycles. The largest absolute Gasteiger partial charge is 0.342 e. The molecule has 0 heterocycles. The van der Waals surface area contributed by atoms with Crippen molar-refractivity contribution in [2.75, 3.05) is 0 Å². The Hall–Kier alpha value is 0.110. The molecule has 0 saturated carbocycles. The van der Waals surface area contributed by atoms with E-state index >= 15 is 0 Å². The van der Waals surface area contributed by atoms with Crippen molar-refractivity contribution in [3.05, 3.63) is 0 Å². The van der Waals surface area contributed by atoms with E-state index in [-0.39, 0.29) is 0 Å². The number of hydrogen-bond donors (Lipinski definition) is 3. The Morgan fingerprint density at radius 1 is 1.45 bits per heavy atom.